The quantitative estimate of drug-likeness (QED) is 0.587. The summed E-state index contributed by atoms with van der Waals surface area (Å²) in [7, 11) is 0. The summed E-state index contributed by atoms with van der Waals surface area (Å²) in [4.78, 5) is 12.8. The average Bonchev–Trinajstić information content (AvgIpc) is 2.93. The summed E-state index contributed by atoms with van der Waals surface area (Å²) < 4.78 is 0. The smallest absolute Gasteiger partial charge is 0.272 e. The highest BCUT2D eigenvalue weighted by Gasteiger charge is 2.15. The van der Waals surface area contributed by atoms with Crippen molar-refractivity contribution in [1.29, 1.82) is 0 Å². The molecule has 1 atom stereocenters. The van der Waals surface area contributed by atoms with Crippen molar-refractivity contribution < 1.29 is 10.0 Å². The van der Waals surface area contributed by atoms with Crippen LogP contribution in [-0.2, 0) is 6.54 Å². The molecule has 1 heterocycles. The van der Waals surface area contributed by atoms with E-state index in [0.717, 1.165) is 18.7 Å². The van der Waals surface area contributed by atoms with Gasteiger partial charge in [0.05, 0.1) is 11.0 Å². The first-order chi connectivity index (χ1) is 10.1. The Labute approximate surface area is 124 Å². The van der Waals surface area contributed by atoms with Crippen molar-refractivity contribution in [3.05, 3.63) is 39.4 Å². The molecule has 0 amide bonds. The van der Waals surface area contributed by atoms with Crippen LogP contribution < -0.4 is 5.32 Å². The minimum Gasteiger partial charge on any atom is -0.390 e. The maximum atomic E-state index is 10.9. The number of nitro groups is 1. The van der Waals surface area contributed by atoms with Gasteiger partial charge in [0.15, 0.2) is 0 Å². The lowest BCUT2D eigenvalue weighted by atomic mass is 10.1. The van der Waals surface area contributed by atoms with Gasteiger partial charge in [0.2, 0.25) is 0 Å². The minimum absolute atomic E-state index is 0.145. The first kappa shape index (κ1) is 15.9. The van der Waals surface area contributed by atoms with Gasteiger partial charge < -0.3 is 15.3 Å². The van der Waals surface area contributed by atoms with E-state index in [-0.39, 0.29) is 10.6 Å². The number of aryl methyl sites for hydroxylation is 1. The van der Waals surface area contributed by atoms with Crippen molar-refractivity contribution in [1.82, 2.24) is 10.2 Å². The molecule has 0 aliphatic carbocycles. The second kappa shape index (κ2) is 7.49. The largest absolute Gasteiger partial charge is 0.390 e. The highest BCUT2D eigenvalue weighted by molar-refractivity contribution is 5.42. The van der Waals surface area contributed by atoms with Crippen molar-refractivity contribution in [3.8, 4) is 0 Å². The molecular formula is C15H23N3O3. The highest BCUT2D eigenvalue weighted by atomic mass is 16.6. The molecule has 0 spiro atoms. The third kappa shape index (κ3) is 4.77. The Bertz CT molecular complexity index is 487. The van der Waals surface area contributed by atoms with E-state index in [1.165, 1.54) is 12.8 Å². The van der Waals surface area contributed by atoms with Crippen LogP contribution in [0.4, 0.5) is 5.69 Å². The van der Waals surface area contributed by atoms with Crippen LogP contribution in [0.2, 0.25) is 0 Å². The van der Waals surface area contributed by atoms with E-state index in [1.54, 1.807) is 19.1 Å². The molecule has 0 radical (unpaired) electrons. The average molecular weight is 293 g/mol. The molecule has 0 bridgehead atoms. The van der Waals surface area contributed by atoms with E-state index in [4.69, 9.17) is 0 Å². The van der Waals surface area contributed by atoms with Crippen LogP contribution >= 0.6 is 0 Å². The van der Waals surface area contributed by atoms with Gasteiger partial charge in [-0.3, -0.25) is 10.1 Å². The number of β-amino-alcohol motifs (C(OH)–C–C–N with tert-alkyl or cyclic N) is 1. The maximum Gasteiger partial charge on any atom is 0.272 e. The van der Waals surface area contributed by atoms with E-state index in [1.807, 2.05) is 6.07 Å². The molecule has 2 rings (SSSR count). The van der Waals surface area contributed by atoms with Crippen LogP contribution in [0, 0.1) is 17.0 Å². The Balaban J connectivity index is 1.77. The van der Waals surface area contributed by atoms with E-state index in [0.29, 0.717) is 25.2 Å². The molecule has 0 saturated carbocycles. The number of hydrogen-bond donors (Lipinski definition) is 2. The van der Waals surface area contributed by atoms with Crippen LogP contribution in [0.15, 0.2) is 18.2 Å². The summed E-state index contributed by atoms with van der Waals surface area (Å²) in [5.41, 5.74) is 1.67. The van der Waals surface area contributed by atoms with Gasteiger partial charge >= 0.3 is 0 Å². The van der Waals surface area contributed by atoms with Gasteiger partial charge in [0.25, 0.3) is 5.69 Å². The van der Waals surface area contributed by atoms with Crippen molar-refractivity contribution in [3.63, 3.8) is 0 Å². The first-order valence-electron chi connectivity index (χ1n) is 7.41. The number of nitrogens with zero attached hydrogens (tertiary/aromatic N) is 2. The van der Waals surface area contributed by atoms with E-state index >= 15 is 0 Å². The summed E-state index contributed by atoms with van der Waals surface area (Å²) in [5.74, 6) is 0. The zero-order valence-electron chi connectivity index (χ0n) is 12.4. The molecule has 1 aromatic carbocycles. The third-order valence-corrected chi connectivity index (χ3v) is 3.85. The summed E-state index contributed by atoms with van der Waals surface area (Å²) >= 11 is 0. The SMILES string of the molecule is Cc1ccc(CNCC(O)CN2CCCC2)cc1[N+](=O)[O-]. The fraction of sp³-hybridized carbons (Fsp3) is 0.600. The van der Waals surface area contributed by atoms with Crippen LogP contribution in [0.3, 0.4) is 0 Å². The normalized spacial score (nSPS) is 17.0. The highest BCUT2D eigenvalue weighted by Crippen LogP contribution is 2.19. The zero-order valence-corrected chi connectivity index (χ0v) is 12.4. The molecule has 1 aliphatic rings. The van der Waals surface area contributed by atoms with Gasteiger partial charge in [0.1, 0.15) is 0 Å². The standard InChI is InChI=1S/C15H23N3O3/c1-12-4-5-13(8-15(12)18(20)21)9-16-10-14(19)11-17-6-2-3-7-17/h4-5,8,14,16,19H,2-3,6-7,9-11H2,1H3. The predicted molar refractivity (Wildman–Crippen MR) is 81.2 cm³/mol. The molecule has 6 heteroatoms. The van der Waals surface area contributed by atoms with Crippen LogP contribution in [0.1, 0.15) is 24.0 Å². The maximum absolute atomic E-state index is 10.9. The Kier molecular flexibility index (Phi) is 5.67. The molecule has 2 N–H and O–H groups in total. The number of likely N-dealkylation sites (tertiary alicyclic amines) is 1. The topological polar surface area (TPSA) is 78.6 Å². The summed E-state index contributed by atoms with van der Waals surface area (Å²) in [6.07, 6.45) is 2.03. The van der Waals surface area contributed by atoms with Gasteiger partial charge in [-0.15, -0.1) is 0 Å². The molecule has 6 nitrogen and oxygen atoms in total. The van der Waals surface area contributed by atoms with Gasteiger partial charge in [-0.05, 0) is 38.4 Å². The molecule has 116 valence electrons. The number of nitrogens with one attached hydrogen (secondary N) is 1. The van der Waals surface area contributed by atoms with Crippen LogP contribution in [0.5, 0.6) is 0 Å². The Morgan fingerprint density at radius 3 is 2.81 bits per heavy atom. The Hall–Kier alpha value is -1.50. The lowest BCUT2D eigenvalue weighted by molar-refractivity contribution is -0.385. The van der Waals surface area contributed by atoms with Crippen molar-refractivity contribution in [2.45, 2.75) is 32.4 Å². The summed E-state index contributed by atoms with van der Waals surface area (Å²) in [6.45, 7) is 5.59. The van der Waals surface area contributed by atoms with E-state index < -0.39 is 6.10 Å². The Morgan fingerprint density at radius 2 is 2.14 bits per heavy atom. The molecule has 1 aliphatic heterocycles. The zero-order chi connectivity index (χ0) is 15.2. The second-order valence-electron chi connectivity index (χ2n) is 5.67. The monoisotopic (exact) mass is 293 g/mol. The van der Waals surface area contributed by atoms with Gasteiger partial charge in [0, 0.05) is 31.3 Å². The number of rotatable bonds is 7. The molecule has 0 aromatic heterocycles. The summed E-state index contributed by atoms with van der Waals surface area (Å²) in [5, 5.41) is 24.0. The minimum atomic E-state index is -0.400. The molecule has 1 saturated heterocycles. The lowest BCUT2D eigenvalue weighted by Gasteiger charge is -2.19. The van der Waals surface area contributed by atoms with Crippen LogP contribution in [-0.4, -0.2) is 47.2 Å². The van der Waals surface area contributed by atoms with Gasteiger partial charge in [-0.1, -0.05) is 12.1 Å². The Morgan fingerprint density at radius 1 is 1.43 bits per heavy atom. The van der Waals surface area contributed by atoms with Crippen molar-refractivity contribution >= 4 is 5.69 Å². The number of aliphatic hydroxyl groups excluding tert-OH is 1. The van der Waals surface area contributed by atoms with Crippen molar-refractivity contribution in [2.75, 3.05) is 26.2 Å². The second-order valence-corrected chi connectivity index (χ2v) is 5.67. The van der Waals surface area contributed by atoms with E-state index in [9.17, 15) is 15.2 Å². The lowest BCUT2D eigenvalue weighted by Crippen LogP contribution is -2.36. The number of aliphatic hydroxyl groups is 1. The molecule has 21 heavy (non-hydrogen) atoms. The van der Waals surface area contributed by atoms with Crippen molar-refractivity contribution in [2.24, 2.45) is 0 Å². The number of hydrogen-bond acceptors (Lipinski definition) is 5. The number of benzene rings is 1. The first-order valence-corrected chi connectivity index (χ1v) is 7.41. The van der Waals surface area contributed by atoms with Crippen LogP contribution in [0.25, 0.3) is 0 Å². The van der Waals surface area contributed by atoms with Gasteiger partial charge in [-0.2, -0.15) is 0 Å². The molecular weight excluding hydrogens is 270 g/mol. The molecule has 1 aromatic rings. The third-order valence-electron chi connectivity index (χ3n) is 3.85. The summed E-state index contributed by atoms with van der Waals surface area (Å²) in [6, 6.07) is 5.23. The molecule has 1 fully saturated rings. The van der Waals surface area contributed by atoms with E-state index in [2.05, 4.69) is 10.2 Å². The predicted octanol–water partition coefficient (Wildman–Crippen LogP) is 1.45. The van der Waals surface area contributed by atoms with Gasteiger partial charge in [-0.25, -0.2) is 0 Å². The number of nitro benzene ring substituents is 1. The fourth-order valence-corrected chi connectivity index (χ4v) is 2.67. The fourth-order valence-electron chi connectivity index (χ4n) is 2.67. The molecule has 1 unspecified atom stereocenters.